The molecule has 0 aromatic rings. The molecule has 0 bridgehead atoms. The number of hydrogen-bond acceptors (Lipinski definition) is 2. The highest BCUT2D eigenvalue weighted by Gasteiger charge is 2.38. The minimum Gasteiger partial charge on any atom is -0.450 e. The first-order valence-electron chi connectivity index (χ1n) is 4.00. The number of carbonyl (C=O) groups excluding carboxylic acids is 1. The molecule has 0 fully saturated rings. The molecule has 1 spiro atoms. The third kappa shape index (κ3) is 1.06. The molecule has 0 radical (unpaired) electrons. The van der Waals surface area contributed by atoms with E-state index in [1.54, 1.807) is 0 Å². The van der Waals surface area contributed by atoms with Crippen LogP contribution in [0, 0.1) is 7.05 Å². The fraction of sp³-hybridized carbons (Fsp3) is 0.333. The Labute approximate surface area is 71.1 Å². The lowest BCUT2D eigenvalue weighted by atomic mass is 10.1. The van der Waals surface area contributed by atoms with Crippen LogP contribution in [0.1, 0.15) is 12.8 Å². The molecule has 1 unspecified atom stereocenters. The maximum atomic E-state index is 10.8. The summed E-state index contributed by atoms with van der Waals surface area (Å²) in [4.78, 5) is 10.8. The van der Waals surface area contributed by atoms with Crippen molar-refractivity contribution in [3.05, 3.63) is 31.0 Å². The van der Waals surface area contributed by atoms with Gasteiger partial charge in [-0.05, 0) is 6.08 Å². The van der Waals surface area contributed by atoms with Crippen LogP contribution in [0.2, 0.25) is 0 Å². The quantitative estimate of drug-likeness (QED) is 0.434. The first-order chi connectivity index (χ1) is 5.74. The molecule has 2 N–H and O–H groups in total. The second kappa shape index (κ2) is 2.45. The van der Waals surface area contributed by atoms with Crippen LogP contribution in [-0.4, -0.2) is 11.6 Å². The molecule has 1 aliphatic heterocycles. The topological polar surface area (TPSA) is 42.9 Å². The van der Waals surface area contributed by atoms with Crippen molar-refractivity contribution >= 4 is 5.97 Å². The molecule has 0 aromatic heterocycles. The van der Waals surface area contributed by atoms with E-state index in [0.29, 0.717) is 0 Å². The predicted octanol–water partition coefficient (Wildman–Crippen LogP) is -0.129. The summed E-state index contributed by atoms with van der Waals surface area (Å²) in [5, 5.41) is 1.81. The molecular weight excluding hydrogens is 154 g/mol. The molecule has 1 aliphatic carbocycles. The van der Waals surface area contributed by atoms with Crippen LogP contribution < -0.4 is 5.32 Å². The Hall–Kier alpha value is -1.09. The Morgan fingerprint density at radius 3 is 3.00 bits per heavy atom. The van der Waals surface area contributed by atoms with Crippen molar-refractivity contribution < 1.29 is 14.8 Å². The molecule has 2 aliphatic rings. The van der Waals surface area contributed by atoms with Crippen molar-refractivity contribution in [2.75, 3.05) is 0 Å². The zero-order valence-corrected chi connectivity index (χ0v) is 6.75. The van der Waals surface area contributed by atoms with Gasteiger partial charge in [0.05, 0.1) is 5.70 Å². The predicted molar refractivity (Wildman–Crippen MR) is 42.6 cm³/mol. The lowest BCUT2D eigenvalue weighted by molar-refractivity contribution is -0.544. The molecule has 0 saturated carbocycles. The number of quaternary nitrogens is 1. The van der Waals surface area contributed by atoms with Crippen molar-refractivity contribution in [3.63, 3.8) is 0 Å². The highest BCUT2D eigenvalue weighted by Crippen LogP contribution is 2.33. The summed E-state index contributed by atoms with van der Waals surface area (Å²) in [7, 11) is 3.68. The Bertz CT molecular complexity index is 280. The molecule has 12 heavy (non-hydrogen) atoms. The summed E-state index contributed by atoms with van der Waals surface area (Å²) < 4.78 is 5.17. The van der Waals surface area contributed by atoms with Crippen LogP contribution in [-0.2, 0) is 9.53 Å². The summed E-state index contributed by atoms with van der Waals surface area (Å²) >= 11 is 0. The minimum absolute atomic E-state index is 0.239. The number of hydrogen-bond donors (Lipinski definition) is 1. The summed E-state index contributed by atoms with van der Waals surface area (Å²) in [6.45, 7) is 0. The van der Waals surface area contributed by atoms with Gasteiger partial charge in [0.25, 0.3) is 0 Å². The van der Waals surface area contributed by atoms with Crippen LogP contribution in [0.3, 0.4) is 0 Å². The average Bonchev–Trinajstić information content (AvgIpc) is 2.61. The average molecular weight is 165 g/mol. The van der Waals surface area contributed by atoms with Crippen molar-refractivity contribution in [1.29, 1.82) is 0 Å². The lowest BCUT2D eigenvalue weighted by Gasteiger charge is -2.16. The van der Waals surface area contributed by atoms with E-state index in [9.17, 15) is 4.79 Å². The number of rotatable bonds is 1. The van der Waals surface area contributed by atoms with Gasteiger partial charge in [0.2, 0.25) is 0 Å². The van der Waals surface area contributed by atoms with Crippen molar-refractivity contribution in [2.24, 2.45) is 0 Å². The van der Waals surface area contributed by atoms with Gasteiger partial charge < -0.3 is 10.1 Å². The SMILES string of the molecule is [CH2-][NH2+]C1=CC2(C=CC(=O)O2)CC1. The number of ether oxygens (including phenoxy) is 1. The minimum atomic E-state index is -0.430. The molecule has 2 rings (SSSR count). The van der Waals surface area contributed by atoms with E-state index >= 15 is 0 Å². The Kier molecular flexibility index (Phi) is 1.54. The van der Waals surface area contributed by atoms with E-state index in [2.05, 4.69) is 7.05 Å². The highest BCUT2D eigenvalue weighted by molar-refractivity contribution is 5.85. The van der Waals surface area contributed by atoms with E-state index in [1.165, 1.54) is 6.08 Å². The molecule has 64 valence electrons. The van der Waals surface area contributed by atoms with Gasteiger partial charge in [-0.15, -0.1) is 7.05 Å². The van der Waals surface area contributed by atoms with Gasteiger partial charge in [-0.2, -0.15) is 0 Å². The lowest BCUT2D eigenvalue weighted by Crippen LogP contribution is -2.74. The van der Waals surface area contributed by atoms with Gasteiger partial charge in [-0.1, -0.05) is 0 Å². The van der Waals surface area contributed by atoms with E-state index in [0.717, 1.165) is 18.5 Å². The Morgan fingerprint density at radius 2 is 2.50 bits per heavy atom. The van der Waals surface area contributed by atoms with E-state index in [4.69, 9.17) is 4.74 Å². The summed E-state index contributed by atoms with van der Waals surface area (Å²) in [5.74, 6) is -0.239. The van der Waals surface area contributed by atoms with Crippen LogP contribution in [0.5, 0.6) is 0 Å². The maximum absolute atomic E-state index is 10.8. The van der Waals surface area contributed by atoms with Crippen LogP contribution in [0.15, 0.2) is 23.9 Å². The first-order valence-corrected chi connectivity index (χ1v) is 4.00. The Morgan fingerprint density at radius 1 is 1.67 bits per heavy atom. The standard InChI is InChI=1S/C9H11NO2/c1-10-7-2-4-9(6-7)5-3-8(11)12-9/h3,5-6H,1-2,4,10H2. The highest BCUT2D eigenvalue weighted by atomic mass is 16.6. The monoisotopic (exact) mass is 165 g/mol. The smallest absolute Gasteiger partial charge is 0.331 e. The number of carbonyl (C=O) groups is 1. The van der Waals surface area contributed by atoms with E-state index in [1.807, 2.05) is 17.5 Å². The van der Waals surface area contributed by atoms with E-state index in [-0.39, 0.29) is 5.97 Å². The van der Waals surface area contributed by atoms with Gasteiger partial charge in [0.1, 0.15) is 0 Å². The van der Waals surface area contributed by atoms with Crippen molar-refractivity contribution in [3.8, 4) is 0 Å². The van der Waals surface area contributed by atoms with Crippen LogP contribution >= 0.6 is 0 Å². The van der Waals surface area contributed by atoms with Crippen molar-refractivity contribution in [1.82, 2.24) is 0 Å². The maximum Gasteiger partial charge on any atom is 0.331 e. The molecule has 0 aromatic carbocycles. The van der Waals surface area contributed by atoms with Crippen LogP contribution in [0.4, 0.5) is 0 Å². The largest absolute Gasteiger partial charge is 0.450 e. The molecular formula is C9H11NO2. The second-order valence-corrected chi connectivity index (χ2v) is 3.13. The summed E-state index contributed by atoms with van der Waals surface area (Å²) in [6, 6.07) is 0. The summed E-state index contributed by atoms with van der Waals surface area (Å²) in [5.41, 5.74) is 0.731. The fourth-order valence-corrected chi connectivity index (χ4v) is 1.64. The van der Waals surface area contributed by atoms with Gasteiger partial charge in [-0.25, -0.2) is 4.79 Å². The molecule has 1 atom stereocenters. The normalized spacial score (nSPS) is 32.8. The van der Waals surface area contributed by atoms with Gasteiger partial charge in [-0.3, -0.25) is 0 Å². The zero-order valence-electron chi connectivity index (χ0n) is 6.75. The zero-order chi connectivity index (χ0) is 8.60. The van der Waals surface area contributed by atoms with Crippen molar-refractivity contribution in [2.45, 2.75) is 18.4 Å². The third-order valence-electron chi connectivity index (χ3n) is 2.29. The van der Waals surface area contributed by atoms with Crippen LogP contribution in [0.25, 0.3) is 0 Å². The van der Waals surface area contributed by atoms with Gasteiger partial charge in [0.15, 0.2) is 5.60 Å². The number of nitrogens with two attached hydrogens (primary N) is 1. The number of allylic oxidation sites excluding steroid dienone is 1. The Balaban J connectivity index is 2.21. The summed E-state index contributed by atoms with van der Waals surface area (Å²) in [6.07, 6.45) is 7.09. The molecule has 0 amide bonds. The molecule has 1 heterocycles. The molecule has 0 saturated heterocycles. The molecule has 3 nitrogen and oxygen atoms in total. The van der Waals surface area contributed by atoms with E-state index < -0.39 is 5.60 Å². The fourth-order valence-electron chi connectivity index (χ4n) is 1.64. The second-order valence-electron chi connectivity index (χ2n) is 3.13. The van der Waals surface area contributed by atoms with Gasteiger partial charge in [0, 0.05) is 25.0 Å². The van der Waals surface area contributed by atoms with Gasteiger partial charge >= 0.3 is 5.97 Å². The number of esters is 1. The molecule has 3 heteroatoms. The first kappa shape index (κ1) is 7.55. The third-order valence-corrected chi connectivity index (χ3v) is 2.29.